The van der Waals surface area contributed by atoms with Crippen molar-refractivity contribution in [2.24, 2.45) is 0 Å². The van der Waals surface area contributed by atoms with Crippen molar-refractivity contribution in [3.05, 3.63) is 54.4 Å². The van der Waals surface area contributed by atoms with E-state index >= 15 is 0 Å². The third-order valence-electron chi connectivity index (χ3n) is 2.07. The quantitative estimate of drug-likeness (QED) is 0.639. The predicted molar refractivity (Wildman–Crippen MR) is 54.4 cm³/mol. The Kier molecular flexibility index (Phi) is 2.09. The summed E-state index contributed by atoms with van der Waals surface area (Å²) in [5, 5.41) is 0. The lowest BCUT2D eigenvalue weighted by molar-refractivity contribution is 1.33. The van der Waals surface area contributed by atoms with E-state index in [0.717, 1.165) is 0 Å². The Morgan fingerprint density at radius 3 is 1.92 bits per heavy atom. The molecule has 0 aliphatic carbocycles. The summed E-state index contributed by atoms with van der Waals surface area (Å²) in [5.74, 6) is 0. The molecule has 0 radical (unpaired) electrons. The van der Waals surface area contributed by atoms with Crippen LogP contribution in [0.5, 0.6) is 0 Å². The molecule has 13 heavy (non-hydrogen) atoms. The van der Waals surface area contributed by atoms with E-state index in [-0.39, 0.29) is 0 Å². The van der Waals surface area contributed by atoms with Crippen molar-refractivity contribution in [2.75, 3.05) is 0 Å². The number of hydrogen-bond acceptors (Lipinski definition) is 1. The van der Waals surface area contributed by atoms with Crippen LogP contribution in [0.15, 0.2) is 48.8 Å². The molecular formula is C12H11N. The first-order valence-electron chi connectivity index (χ1n) is 4.33. The SMILES string of the molecule is Cc1ccc(-c2ccncc2)cc1. The Morgan fingerprint density at radius 1 is 0.769 bits per heavy atom. The molecule has 0 amide bonds. The van der Waals surface area contributed by atoms with Crippen LogP contribution in [0.1, 0.15) is 5.56 Å². The molecule has 0 fully saturated rings. The summed E-state index contributed by atoms with van der Waals surface area (Å²) in [4.78, 5) is 3.99. The van der Waals surface area contributed by atoms with E-state index in [1.807, 2.05) is 24.5 Å². The van der Waals surface area contributed by atoms with Crippen molar-refractivity contribution in [2.45, 2.75) is 6.92 Å². The summed E-state index contributed by atoms with van der Waals surface area (Å²) < 4.78 is 0. The van der Waals surface area contributed by atoms with Crippen LogP contribution in [0.2, 0.25) is 0 Å². The lowest BCUT2D eigenvalue weighted by atomic mass is 10.1. The maximum atomic E-state index is 3.99. The van der Waals surface area contributed by atoms with Gasteiger partial charge in [-0.1, -0.05) is 29.8 Å². The Hall–Kier alpha value is -1.63. The zero-order chi connectivity index (χ0) is 9.10. The molecule has 2 rings (SSSR count). The molecule has 1 nitrogen and oxygen atoms in total. The summed E-state index contributed by atoms with van der Waals surface area (Å²) in [7, 11) is 0. The van der Waals surface area contributed by atoms with Gasteiger partial charge in [0.05, 0.1) is 0 Å². The maximum Gasteiger partial charge on any atom is 0.0273 e. The van der Waals surface area contributed by atoms with Gasteiger partial charge in [0.15, 0.2) is 0 Å². The summed E-state index contributed by atoms with van der Waals surface area (Å²) in [6, 6.07) is 12.5. The van der Waals surface area contributed by atoms with Gasteiger partial charge in [-0.2, -0.15) is 0 Å². The number of pyridine rings is 1. The summed E-state index contributed by atoms with van der Waals surface area (Å²) in [6.45, 7) is 2.09. The smallest absolute Gasteiger partial charge is 0.0273 e. The third kappa shape index (κ3) is 1.75. The van der Waals surface area contributed by atoms with Gasteiger partial charge in [0.1, 0.15) is 0 Å². The first kappa shape index (κ1) is 7.99. The van der Waals surface area contributed by atoms with Gasteiger partial charge < -0.3 is 0 Å². The van der Waals surface area contributed by atoms with E-state index < -0.39 is 0 Å². The highest BCUT2D eigenvalue weighted by Gasteiger charge is 1.94. The second kappa shape index (κ2) is 3.40. The zero-order valence-corrected chi connectivity index (χ0v) is 7.57. The largest absolute Gasteiger partial charge is 0.265 e. The van der Waals surface area contributed by atoms with Gasteiger partial charge in [-0.3, -0.25) is 4.98 Å². The molecule has 0 bridgehead atoms. The minimum Gasteiger partial charge on any atom is -0.265 e. The van der Waals surface area contributed by atoms with E-state index in [1.165, 1.54) is 16.7 Å². The van der Waals surface area contributed by atoms with Crippen molar-refractivity contribution >= 4 is 0 Å². The fourth-order valence-corrected chi connectivity index (χ4v) is 1.29. The van der Waals surface area contributed by atoms with Crippen molar-refractivity contribution in [1.29, 1.82) is 0 Å². The Balaban J connectivity index is 2.42. The Morgan fingerprint density at radius 2 is 1.31 bits per heavy atom. The molecule has 0 spiro atoms. The molecule has 0 saturated heterocycles. The topological polar surface area (TPSA) is 12.9 Å². The third-order valence-corrected chi connectivity index (χ3v) is 2.07. The number of hydrogen-bond donors (Lipinski definition) is 0. The van der Waals surface area contributed by atoms with Crippen LogP contribution < -0.4 is 0 Å². The standard InChI is InChI=1S/C12H11N/c1-10-2-4-11(5-3-10)12-6-8-13-9-7-12/h2-9H,1H3. The zero-order valence-electron chi connectivity index (χ0n) is 7.57. The van der Waals surface area contributed by atoms with Crippen molar-refractivity contribution in [3.63, 3.8) is 0 Å². The molecule has 0 saturated carbocycles. The van der Waals surface area contributed by atoms with E-state index in [1.54, 1.807) is 0 Å². The normalized spacial score (nSPS) is 9.92. The second-order valence-corrected chi connectivity index (χ2v) is 3.10. The molecule has 1 aromatic carbocycles. The number of aromatic nitrogens is 1. The summed E-state index contributed by atoms with van der Waals surface area (Å²) >= 11 is 0. The first-order chi connectivity index (χ1) is 6.36. The molecule has 0 aliphatic heterocycles. The molecule has 1 heteroatoms. The van der Waals surface area contributed by atoms with Crippen LogP contribution in [0.4, 0.5) is 0 Å². The van der Waals surface area contributed by atoms with E-state index in [0.29, 0.717) is 0 Å². The van der Waals surface area contributed by atoms with Crippen molar-refractivity contribution in [3.8, 4) is 11.1 Å². The maximum absolute atomic E-state index is 3.99. The van der Waals surface area contributed by atoms with Crippen LogP contribution in [0.3, 0.4) is 0 Å². The highest BCUT2D eigenvalue weighted by molar-refractivity contribution is 5.62. The van der Waals surface area contributed by atoms with Crippen molar-refractivity contribution in [1.82, 2.24) is 4.98 Å². The molecule has 2 aromatic rings. The monoisotopic (exact) mass is 169 g/mol. The molecule has 1 heterocycles. The van der Waals surface area contributed by atoms with Gasteiger partial charge in [0.25, 0.3) is 0 Å². The van der Waals surface area contributed by atoms with Gasteiger partial charge in [0, 0.05) is 12.4 Å². The van der Waals surface area contributed by atoms with Gasteiger partial charge in [-0.15, -0.1) is 0 Å². The molecular weight excluding hydrogens is 158 g/mol. The highest BCUT2D eigenvalue weighted by atomic mass is 14.6. The predicted octanol–water partition coefficient (Wildman–Crippen LogP) is 3.06. The van der Waals surface area contributed by atoms with E-state index in [4.69, 9.17) is 0 Å². The lowest BCUT2D eigenvalue weighted by Gasteiger charge is -2.00. The van der Waals surface area contributed by atoms with Crippen LogP contribution >= 0.6 is 0 Å². The lowest BCUT2D eigenvalue weighted by Crippen LogP contribution is -1.78. The molecule has 0 N–H and O–H groups in total. The van der Waals surface area contributed by atoms with Crippen LogP contribution in [0, 0.1) is 6.92 Å². The van der Waals surface area contributed by atoms with Gasteiger partial charge in [0.2, 0.25) is 0 Å². The average molecular weight is 169 g/mol. The van der Waals surface area contributed by atoms with Gasteiger partial charge in [-0.05, 0) is 30.2 Å². The minimum absolute atomic E-state index is 1.22. The minimum atomic E-state index is 1.22. The number of nitrogens with zero attached hydrogens (tertiary/aromatic N) is 1. The van der Waals surface area contributed by atoms with Crippen LogP contribution in [0.25, 0.3) is 11.1 Å². The van der Waals surface area contributed by atoms with E-state index in [9.17, 15) is 0 Å². The molecule has 1 aromatic heterocycles. The van der Waals surface area contributed by atoms with Crippen LogP contribution in [-0.4, -0.2) is 4.98 Å². The number of rotatable bonds is 1. The fraction of sp³-hybridized carbons (Fsp3) is 0.0833. The second-order valence-electron chi connectivity index (χ2n) is 3.10. The fourth-order valence-electron chi connectivity index (χ4n) is 1.29. The molecule has 0 unspecified atom stereocenters. The highest BCUT2D eigenvalue weighted by Crippen LogP contribution is 2.17. The summed E-state index contributed by atoms with van der Waals surface area (Å²) in [6.07, 6.45) is 3.63. The molecule has 64 valence electrons. The van der Waals surface area contributed by atoms with Gasteiger partial charge in [-0.25, -0.2) is 0 Å². The Labute approximate surface area is 78.1 Å². The summed E-state index contributed by atoms with van der Waals surface area (Å²) in [5.41, 5.74) is 3.75. The Bertz CT molecular complexity index is 376. The molecule has 0 atom stereocenters. The van der Waals surface area contributed by atoms with Crippen LogP contribution in [-0.2, 0) is 0 Å². The van der Waals surface area contributed by atoms with Gasteiger partial charge >= 0.3 is 0 Å². The van der Waals surface area contributed by atoms with E-state index in [2.05, 4.69) is 36.2 Å². The average Bonchev–Trinajstić information content (AvgIpc) is 2.20. The number of aryl methyl sites for hydroxylation is 1. The first-order valence-corrected chi connectivity index (χ1v) is 4.33. The molecule has 0 aliphatic rings. The van der Waals surface area contributed by atoms with Crippen molar-refractivity contribution < 1.29 is 0 Å². The number of benzene rings is 1.